The molecular weight excluding hydrogens is 179 g/mol. The van der Waals surface area contributed by atoms with Crippen LogP contribution in [-0.2, 0) is 9.47 Å². The molecule has 4 nitrogen and oxygen atoms in total. The lowest BCUT2D eigenvalue weighted by Gasteiger charge is -2.19. The molecule has 0 saturated carbocycles. The van der Waals surface area contributed by atoms with Crippen molar-refractivity contribution in [2.24, 2.45) is 0 Å². The quantitative estimate of drug-likeness (QED) is 0.596. The molecule has 0 aromatic rings. The van der Waals surface area contributed by atoms with Crippen molar-refractivity contribution in [1.82, 2.24) is 0 Å². The van der Waals surface area contributed by atoms with Gasteiger partial charge >= 0.3 is 0 Å². The van der Waals surface area contributed by atoms with Gasteiger partial charge in [-0.15, -0.1) is 0 Å². The molecule has 1 saturated heterocycles. The number of ether oxygens (including phenoxy) is 2. The van der Waals surface area contributed by atoms with Crippen molar-refractivity contribution >= 4 is 0 Å². The van der Waals surface area contributed by atoms with Gasteiger partial charge in [-0.05, 0) is 6.08 Å². The smallest absolute Gasteiger partial charge is 0.161 e. The average molecular weight is 190 g/mol. The molecule has 0 bridgehead atoms. The minimum atomic E-state index is -1.41. The van der Waals surface area contributed by atoms with E-state index in [0.29, 0.717) is 0 Å². The van der Waals surface area contributed by atoms with E-state index >= 15 is 0 Å². The largest absolute Gasteiger partial charge is 0.383 e. The number of aliphatic hydroxyl groups is 2. The van der Waals surface area contributed by atoms with Gasteiger partial charge in [0.15, 0.2) is 6.29 Å². The van der Waals surface area contributed by atoms with E-state index < -0.39 is 29.9 Å². The average Bonchev–Trinajstić information content (AvgIpc) is 2.49. The van der Waals surface area contributed by atoms with Crippen molar-refractivity contribution < 1.29 is 24.1 Å². The van der Waals surface area contributed by atoms with Crippen LogP contribution in [0.5, 0.6) is 0 Å². The van der Waals surface area contributed by atoms with Crippen LogP contribution >= 0.6 is 0 Å². The van der Waals surface area contributed by atoms with Crippen LogP contribution in [0, 0.1) is 0 Å². The van der Waals surface area contributed by atoms with Crippen molar-refractivity contribution in [3.05, 3.63) is 11.9 Å². The van der Waals surface area contributed by atoms with Crippen LogP contribution in [0.25, 0.3) is 0 Å². The molecular formula is C8H11FO4. The Kier molecular flexibility index (Phi) is 1.92. The van der Waals surface area contributed by atoms with Gasteiger partial charge in [0.2, 0.25) is 0 Å². The summed E-state index contributed by atoms with van der Waals surface area (Å²) in [6.07, 6.45) is -1.73. The summed E-state index contributed by atoms with van der Waals surface area (Å²) in [4.78, 5) is 0. The molecule has 2 rings (SSSR count). The molecule has 1 aliphatic carbocycles. The number of methoxy groups -OCH3 is 1. The highest BCUT2D eigenvalue weighted by Gasteiger charge is 2.55. The lowest BCUT2D eigenvalue weighted by atomic mass is 9.99. The third kappa shape index (κ3) is 1.20. The molecule has 0 aromatic heterocycles. The predicted octanol–water partition coefficient (Wildman–Crippen LogP) is -0.293. The molecule has 5 heteroatoms. The fourth-order valence-electron chi connectivity index (χ4n) is 1.81. The topological polar surface area (TPSA) is 58.9 Å². The van der Waals surface area contributed by atoms with E-state index in [1.54, 1.807) is 0 Å². The maximum absolute atomic E-state index is 12.8. The second-order valence-electron chi connectivity index (χ2n) is 3.39. The van der Waals surface area contributed by atoms with Gasteiger partial charge in [0.1, 0.15) is 23.6 Å². The van der Waals surface area contributed by atoms with Crippen LogP contribution in [0.15, 0.2) is 11.9 Å². The van der Waals surface area contributed by atoms with Crippen LogP contribution in [0.2, 0.25) is 0 Å². The number of aliphatic hydroxyl groups excluding tert-OH is 1. The van der Waals surface area contributed by atoms with Gasteiger partial charge in [-0.1, -0.05) is 0 Å². The van der Waals surface area contributed by atoms with E-state index in [1.807, 2.05) is 0 Å². The lowest BCUT2D eigenvalue weighted by molar-refractivity contribution is -0.142. The summed E-state index contributed by atoms with van der Waals surface area (Å²) in [5, 5.41) is 19.1. The molecule has 0 aromatic carbocycles. The second kappa shape index (κ2) is 2.75. The first-order chi connectivity index (χ1) is 6.07. The molecule has 2 N–H and O–H groups in total. The summed E-state index contributed by atoms with van der Waals surface area (Å²) in [6.45, 7) is 0. The van der Waals surface area contributed by atoms with Crippen molar-refractivity contribution in [3.63, 3.8) is 0 Å². The fraction of sp³-hybridized carbons (Fsp3) is 0.750. The minimum absolute atomic E-state index is 0.151. The van der Waals surface area contributed by atoms with Gasteiger partial charge in [0.25, 0.3) is 0 Å². The van der Waals surface area contributed by atoms with Crippen molar-refractivity contribution in [2.75, 3.05) is 7.11 Å². The highest BCUT2D eigenvalue weighted by Crippen LogP contribution is 2.41. The maximum Gasteiger partial charge on any atom is 0.161 e. The number of hydrogen-bond donors (Lipinski definition) is 2. The molecule has 1 heterocycles. The molecule has 0 radical (unpaired) electrons. The first-order valence-electron chi connectivity index (χ1n) is 4.04. The van der Waals surface area contributed by atoms with Crippen molar-refractivity contribution in [3.8, 4) is 0 Å². The molecule has 0 amide bonds. The summed E-state index contributed by atoms with van der Waals surface area (Å²) >= 11 is 0. The van der Waals surface area contributed by atoms with Crippen LogP contribution in [0.3, 0.4) is 0 Å². The summed E-state index contributed by atoms with van der Waals surface area (Å²) in [6, 6.07) is 0. The third-order valence-electron chi connectivity index (χ3n) is 2.50. The Bertz CT molecular complexity index is 255. The lowest BCUT2D eigenvalue weighted by Crippen LogP contribution is -2.38. The Hall–Kier alpha value is -0.490. The number of hydrogen-bond acceptors (Lipinski definition) is 4. The molecule has 1 aliphatic heterocycles. The van der Waals surface area contributed by atoms with E-state index in [0.717, 1.165) is 6.08 Å². The van der Waals surface area contributed by atoms with Crippen LogP contribution in [-0.4, -0.2) is 41.4 Å². The number of rotatable bonds is 1. The van der Waals surface area contributed by atoms with Gasteiger partial charge in [-0.2, -0.15) is 0 Å². The predicted molar refractivity (Wildman–Crippen MR) is 40.4 cm³/mol. The Morgan fingerprint density at radius 2 is 2.46 bits per heavy atom. The third-order valence-corrected chi connectivity index (χ3v) is 2.50. The Balaban J connectivity index is 2.22. The van der Waals surface area contributed by atoms with Crippen molar-refractivity contribution in [1.29, 1.82) is 0 Å². The van der Waals surface area contributed by atoms with E-state index in [1.165, 1.54) is 7.11 Å². The Labute approximate surface area is 74.6 Å². The monoisotopic (exact) mass is 190 g/mol. The number of fused-ring (bicyclic) bond motifs is 1. The molecule has 1 unspecified atom stereocenters. The zero-order valence-electron chi connectivity index (χ0n) is 7.11. The fourth-order valence-corrected chi connectivity index (χ4v) is 1.81. The highest BCUT2D eigenvalue weighted by atomic mass is 19.1. The SMILES string of the molecule is CO[C@@H]1C[C@@]2(O)C=C(F)[C@@H](O)C2O1. The van der Waals surface area contributed by atoms with Crippen molar-refractivity contribution in [2.45, 2.75) is 30.5 Å². The zero-order valence-corrected chi connectivity index (χ0v) is 7.11. The molecule has 1 fully saturated rings. The van der Waals surface area contributed by atoms with Gasteiger partial charge in [-0.3, -0.25) is 0 Å². The van der Waals surface area contributed by atoms with E-state index in [4.69, 9.17) is 9.47 Å². The molecule has 74 valence electrons. The van der Waals surface area contributed by atoms with E-state index in [9.17, 15) is 14.6 Å². The first-order valence-corrected chi connectivity index (χ1v) is 4.04. The summed E-state index contributed by atoms with van der Waals surface area (Å²) < 4.78 is 22.8. The second-order valence-corrected chi connectivity index (χ2v) is 3.39. The summed E-state index contributed by atoms with van der Waals surface area (Å²) in [5.74, 6) is -0.734. The molecule has 0 spiro atoms. The zero-order chi connectivity index (χ0) is 9.64. The maximum atomic E-state index is 12.8. The van der Waals surface area contributed by atoms with Gasteiger partial charge in [-0.25, -0.2) is 4.39 Å². The van der Waals surface area contributed by atoms with Crippen LogP contribution in [0.1, 0.15) is 6.42 Å². The van der Waals surface area contributed by atoms with E-state index in [-0.39, 0.29) is 6.42 Å². The van der Waals surface area contributed by atoms with Gasteiger partial charge in [0.05, 0.1) is 0 Å². The minimum Gasteiger partial charge on any atom is -0.383 e. The van der Waals surface area contributed by atoms with E-state index in [2.05, 4.69) is 0 Å². The Morgan fingerprint density at radius 1 is 1.77 bits per heavy atom. The van der Waals surface area contributed by atoms with Gasteiger partial charge < -0.3 is 19.7 Å². The van der Waals surface area contributed by atoms with Gasteiger partial charge in [0, 0.05) is 13.5 Å². The highest BCUT2D eigenvalue weighted by molar-refractivity contribution is 5.25. The Morgan fingerprint density at radius 3 is 3.00 bits per heavy atom. The standard InChI is InChI=1S/C8H11FO4/c1-12-5-3-8(11)2-4(9)6(10)7(8)13-5/h2,5-7,10-11H,3H2,1H3/t5-,6+,7?,8-/m0/s1. The molecule has 2 aliphatic rings. The summed E-state index contributed by atoms with van der Waals surface area (Å²) in [5.41, 5.74) is -1.41. The molecule has 13 heavy (non-hydrogen) atoms. The summed E-state index contributed by atoms with van der Waals surface area (Å²) in [7, 11) is 1.43. The van der Waals surface area contributed by atoms with Crippen LogP contribution in [0.4, 0.5) is 4.39 Å². The first kappa shape index (κ1) is 9.08. The van der Waals surface area contributed by atoms with Crippen LogP contribution < -0.4 is 0 Å². The number of halogens is 1. The normalized spacial score (nSPS) is 49.2. The molecule has 4 atom stereocenters.